The third-order valence-corrected chi connectivity index (χ3v) is 5.90. The first-order valence-electron chi connectivity index (χ1n) is 10.4. The van der Waals surface area contributed by atoms with Crippen LogP contribution < -0.4 is 5.32 Å². The minimum Gasteiger partial charge on any atom is -0.348 e. The molecule has 2 fully saturated rings. The Balaban J connectivity index is 1.44. The summed E-state index contributed by atoms with van der Waals surface area (Å²) in [4.78, 5) is 27.4. The number of hydrogen-bond donors (Lipinski definition) is 2. The van der Waals surface area contributed by atoms with E-state index in [9.17, 15) is 9.59 Å². The molecule has 4 rings (SSSR count). The molecular weight excluding hydrogens is 352 g/mol. The molecule has 2 heterocycles. The topological polar surface area (TPSA) is 78.1 Å². The average Bonchev–Trinajstić information content (AvgIpc) is 3.41. The summed E-state index contributed by atoms with van der Waals surface area (Å²) in [6.07, 6.45) is 7.84. The molecule has 0 radical (unpaired) electrons. The lowest BCUT2D eigenvalue weighted by Crippen LogP contribution is -2.39. The van der Waals surface area contributed by atoms with E-state index < -0.39 is 0 Å². The van der Waals surface area contributed by atoms with Crippen LogP contribution in [0, 0.1) is 0 Å². The van der Waals surface area contributed by atoms with Gasteiger partial charge in [0.05, 0.1) is 18.2 Å². The van der Waals surface area contributed by atoms with Crippen molar-refractivity contribution in [1.29, 1.82) is 0 Å². The van der Waals surface area contributed by atoms with Crippen LogP contribution in [0.5, 0.6) is 0 Å². The largest absolute Gasteiger partial charge is 0.348 e. The maximum atomic E-state index is 12.9. The first-order valence-corrected chi connectivity index (χ1v) is 10.4. The van der Waals surface area contributed by atoms with Crippen molar-refractivity contribution in [2.24, 2.45) is 0 Å². The van der Waals surface area contributed by atoms with E-state index >= 15 is 0 Å². The number of benzene rings is 1. The van der Waals surface area contributed by atoms with E-state index in [1.165, 1.54) is 12.8 Å². The van der Waals surface area contributed by atoms with Crippen LogP contribution in [0.15, 0.2) is 36.4 Å². The number of hydrogen-bond acceptors (Lipinski definition) is 3. The van der Waals surface area contributed by atoms with Crippen molar-refractivity contribution >= 4 is 11.8 Å². The van der Waals surface area contributed by atoms with Gasteiger partial charge >= 0.3 is 0 Å². The highest BCUT2D eigenvalue weighted by Gasteiger charge is 2.30. The second-order valence-electron chi connectivity index (χ2n) is 7.92. The first kappa shape index (κ1) is 18.7. The number of piperidine rings is 1. The number of aromatic amines is 1. The van der Waals surface area contributed by atoms with Crippen LogP contribution >= 0.6 is 0 Å². The molecule has 2 aliphatic rings. The molecule has 1 aromatic heterocycles. The summed E-state index contributed by atoms with van der Waals surface area (Å²) in [6, 6.07) is 11.9. The molecule has 1 aromatic carbocycles. The van der Waals surface area contributed by atoms with Crippen molar-refractivity contribution in [3.05, 3.63) is 53.3 Å². The van der Waals surface area contributed by atoms with E-state index in [4.69, 9.17) is 0 Å². The number of carbonyl (C=O) groups is 2. The van der Waals surface area contributed by atoms with E-state index in [0.29, 0.717) is 12.1 Å². The molecule has 2 amide bonds. The summed E-state index contributed by atoms with van der Waals surface area (Å²) in [6.45, 7) is 0.749. The van der Waals surface area contributed by atoms with Gasteiger partial charge in [0.2, 0.25) is 5.91 Å². The molecule has 28 heavy (non-hydrogen) atoms. The quantitative estimate of drug-likeness (QED) is 0.835. The summed E-state index contributed by atoms with van der Waals surface area (Å²) in [7, 11) is 0. The molecule has 148 valence electrons. The number of amides is 2. The van der Waals surface area contributed by atoms with E-state index in [1.807, 2.05) is 41.3 Å². The van der Waals surface area contributed by atoms with Crippen molar-refractivity contribution in [1.82, 2.24) is 20.4 Å². The molecule has 6 heteroatoms. The second kappa shape index (κ2) is 8.59. The smallest absolute Gasteiger partial charge is 0.271 e. The van der Waals surface area contributed by atoms with Crippen molar-refractivity contribution < 1.29 is 9.59 Å². The molecular formula is C22H28N4O2. The summed E-state index contributed by atoms with van der Waals surface area (Å²) < 4.78 is 0. The van der Waals surface area contributed by atoms with Crippen LogP contribution in [0.3, 0.4) is 0 Å². The molecule has 1 unspecified atom stereocenters. The maximum absolute atomic E-state index is 12.9. The normalized spacial score (nSPS) is 20.3. The fourth-order valence-corrected chi connectivity index (χ4v) is 4.38. The van der Waals surface area contributed by atoms with E-state index in [0.717, 1.165) is 49.9 Å². The molecule has 1 aliphatic heterocycles. The van der Waals surface area contributed by atoms with E-state index in [2.05, 4.69) is 15.5 Å². The van der Waals surface area contributed by atoms with Crippen LogP contribution in [0.1, 0.15) is 72.7 Å². The lowest BCUT2D eigenvalue weighted by atomic mass is 9.98. The van der Waals surface area contributed by atoms with Crippen LogP contribution in [-0.2, 0) is 11.2 Å². The Morgan fingerprint density at radius 2 is 1.82 bits per heavy atom. The summed E-state index contributed by atoms with van der Waals surface area (Å²) in [5.41, 5.74) is 2.30. The van der Waals surface area contributed by atoms with Crippen molar-refractivity contribution in [2.75, 3.05) is 6.54 Å². The lowest BCUT2D eigenvalue weighted by molar-refractivity contribution is -0.134. The third-order valence-electron chi connectivity index (χ3n) is 5.90. The minimum atomic E-state index is -0.118. The molecule has 2 aromatic rings. The maximum Gasteiger partial charge on any atom is 0.271 e. The molecule has 0 spiro atoms. The van der Waals surface area contributed by atoms with Crippen LogP contribution in [0.25, 0.3) is 0 Å². The van der Waals surface area contributed by atoms with Crippen molar-refractivity contribution in [2.45, 2.75) is 63.5 Å². The zero-order valence-electron chi connectivity index (χ0n) is 16.2. The Bertz CT molecular complexity index is 811. The fraction of sp³-hybridized carbons (Fsp3) is 0.500. The monoisotopic (exact) mass is 380 g/mol. The Morgan fingerprint density at radius 1 is 1.07 bits per heavy atom. The Morgan fingerprint density at radius 3 is 2.61 bits per heavy atom. The molecule has 0 bridgehead atoms. The van der Waals surface area contributed by atoms with Gasteiger partial charge in [-0.05, 0) is 43.7 Å². The first-order chi connectivity index (χ1) is 13.7. The molecule has 1 aliphatic carbocycles. The number of carbonyl (C=O) groups excluding carboxylic acids is 2. The van der Waals surface area contributed by atoms with E-state index in [-0.39, 0.29) is 23.9 Å². The standard InChI is InChI=1S/C22H28N4O2/c27-21(14-16-8-2-1-3-9-16)26-13-7-6-12-20(26)18-15-19(25-24-18)22(28)23-17-10-4-5-11-17/h1-3,8-9,15,17,20H,4-7,10-14H2,(H,23,28)(H,24,25). The van der Waals surface area contributed by atoms with Gasteiger partial charge in [-0.15, -0.1) is 0 Å². The fourth-order valence-electron chi connectivity index (χ4n) is 4.38. The number of nitrogens with one attached hydrogen (secondary N) is 2. The highest BCUT2D eigenvalue weighted by molar-refractivity contribution is 5.92. The van der Waals surface area contributed by atoms with Gasteiger partial charge in [0, 0.05) is 12.6 Å². The Hall–Kier alpha value is -2.63. The minimum absolute atomic E-state index is 0.0366. The number of nitrogens with zero attached hydrogens (tertiary/aromatic N) is 2. The molecule has 2 N–H and O–H groups in total. The van der Waals surface area contributed by atoms with Gasteiger partial charge in [-0.25, -0.2) is 0 Å². The highest BCUT2D eigenvalue weighted by Crippen LogP contribution is 2.31. The molecule has 6 nitrogen and oxygen atoms in total. The van der Waals surface area contributed by atoms with E-state index in [1.54, 1.807) is 0 Å². The van der Waals surface area contributed by atoms with Gasteiger partial charge in [0.15, 0.2) is 0 Å². The summed E-state index contributed by atoms with van der Waals surface area (Å²) in [5.74, 6) is 0.00910. The Kier molecular flexibility index (Phi) is 5.74. The van der Waals surface area contributed by atoms with Gasteiger partial charge in [-0.2, -0.15) is 5.10 Å². The average molecular weight is 380 g/mol. The second-order valence-corrected chi connectivity index (χ2v) is 7.92. The predicted molar refractivity (Wildman–Crippen MR) is 107 cm³/mol. The molecule has 1 atom stereocenters. The molecule has 1 saturated carbocycles. The number of likely N-dealkylation sites (tertiary alicyclic amines) is 1. The van der Waals surface area contributed by atoms with Gasteiger partial charge in [0.25, 0.3) is 5.91 Å². The zero-order valence-corrected chi connectivity index (χ0v) is 16.2. The number of rotatable bonds is 5. The van der Waals surface area contributed by atoms with Gasteiger partial charge in [-0.1, -0.05) is 43.2 Å². The van der Waals surface area contributed by atoms with Crippen molar-refractivity contribution in [3.63, 3.8) is 0 Å². The number of H-pyrrole nitrogens is 1. The lowest BCUT2D eigenvalue weighted by Gasteiger charge is -2.35. The van der Waals surface area contributed by atoms with Gasteiger partial charge in [-0.3, -0.25) is 14.7 Å². The van der Waals surface area contributed by atoms with Crippen LogP contribution in [0.4, 0.5) is 0 Å². The molecule has 1 saturated heterocycles. The highest BCUT2D eigenvalue weighted by atomic mass is 16.2. The number of aromatic nitrogens is 2. The zero-order chi connectivity index (χ0) is 19.3. The summed E-state index contributed by atoms with van der Waals surface area (Å²) >= 11 is 0. The third kappa shape index (κ3) is 4.26. The van der Waals surface area contributed by atoms with Crippen LogP contribution in [0.2, 0.25) is 0 Å². The summed E-state index contributed by atoms with van der Waals surface area (Å²) in [5, 5.41) is 10.3. The Labute approximate surface area is 165 Å². The van der Waals surface area contributed by atoms with Crippen LogP contribution in [-0.4, -0.2) is 39.5 Å². The van der Waals surface area contributed by atoms with Gasteiger partial charge in [0.1, 0.15) is 5.69 Å². The predicted octanol–water partition coefficient (Wildman–Crippen LogP) is 3.38. The van der Waals surface area contributed by atoms with Gasteiger partial charge < -0.3 is 10.2 Å². The SMILES string of the molecule is O=C(NC1CCCC1)c1cc(C2CCCCN2C(=O)Cc2ccccc2)[nH]n1. The van der Waals surface area contributed by atoms with Crippen molar-refractivity contribution in [3.8, 4) is 0 Å².